The molecule has 10 heterocycles. The smallest absolute Gasteiger partial charge is 0.332 e. The second-order valence-corrected chi connectivity index (χ2v) is 41.3. The molecule has 5 aliphatic carbocycles. The first-order valence-electron chi connectivity index (χ1n) is 45.9. The maximum absolute atomic E-state index is 13.0. The van der Waals surface area contributed by atoms with E-state index in [1.165, 1.54) is 51.9 Å². The van der Waals surface area contributed by atoms with Crippen LogP contribution in [0.1, 0.15) is 232 Å². The molecule has 0 saturated heterocycles. The number of imidazole rings is 5. The Balaban J connectivity index is 0.000000165. The van der Waals surface area contributed by atoms with Crippen molar-refractivity contribution in [3.63, 3.8) is 0 Å². The summed E-state index contributed by atoms with van der Waals surface area (Å²) < 4.78 is 33.6. The molecule has 0 aliphatic heterocycles. The lowest BCUT2D eigenvalue weighted by molar-refractivity contribution is 0.00510. The van der Waals surface area contributed by atoms with Gasteiger partial charge in [0.2, 0.25) is 0 Å². The largest absolute Gasteiger partial charge is 0.390 e. The maximum Gasteiger partial charge on any atom is 0.332 e. The summed E-state index contributed by atoms with van der Waals surface area (Å²) in [5, 5.41) is 50.5. The first-order valence-corrected chi connectivity index (χ1v) is 47.0. The van der Waals surface area contributed by atoms with Crippen LogP contribution in [0.15, 0.2) is 79.6 Å². The Hall–Kier alpha value is -9.17. The number of hydrogen-bond donors (Lipinski definition) is 5. The van der Waals surface area contributed by atoms with Gasteiger partial charge in [-0.2, -0.15) is 3.89 Å². The van der Waals surface area contributed by atoms with Gasteiger partial charge in [-0.3, -0.25) is 69.6 Å². The Labute approximate surface area is 749 Å². The van der Waals surface area contributed by atoms with Gasteiger partial charge in [-0.05, 0) is 222 Å². The minimum atomic E-state index is -0.619. The van der Waals surface area contributed by atoms with Crippen molar-refractivity contribution in [3.8, 4) is 0 Å². The number of nitrogens with zero attached hydrogens (tertiary/aromatic N) is 20. The van der Waals surface area contributed by atoms with E-state index in [-0.39, 0.29) is 98.0 Å². The van der Waals surface area contributed by atoms with Gasteiger partial charge in [-0.15, -0.1) is 0 Å². The molecule has 5 saturated carbocycles. The molecule has 5 aliphatic rings. The molecule has 710 valence electrons. The molecule has 37 heteroatoms. The first kappa shape index (κ1) is 101. The zero-order chi connectivity index (χ0) is 94.5. The fourth-order valence-corrected chi connectivity index (χ4v) is 18.8. The van der Waals surface area contributed by atoms with Gasteiger partial charge in [0.1, 0.15) is 0 Å². The second-order valence-electron chi connectivity index (χ2n) is 41.0. The molecule has 128 heavy (non-hydrogen) atoms. The Morgan fingerprint density at radius 3 is 0.539 bits per heavy atom. The van der Waals surface area contributed by atoms with Gasteiger partial charge >= 0.3 is 28.4 Å². The van der Waals surface area contributed by atoms with E-state index in [4.69, 9.17) is 0 Å². The standard InChI is InChI=1S/5C18H28N4O3.CH3FS/c5*1-12(2)9-21-11-19-15-14(21)16(23)22(17(24)20(15)4)10-13-5-7-18(3,25)8-6-13;1-3-2/h5*11-13,25H,5-10H2,1-4H3;1H3. The zero-order valence-electron chi connectivity index (χ0n) is 79.4. The van der Waals surface area contributed by atoms with Crippen molar-refractivity contribution in [2.45, 2.75) is 326 Å². The quantitative estimate of drug-likeness (QED) is 0.0476. The van der Waals surface area contributed by atoms with E-state index < -0.39 is 28.0 Å². The van der Waals surface area contributed by atoms with E-state index in [2.05, 4.69) is 94.2 Å². The van der Waals surface area contributed by atoms with Crippen molar-refractivity contribution >= 4 is 68.0 Å². The minimum absolute atomic E-state index is 0.240. The molecule has 0 aromatic carbocycles. The van der Waals surface area contributed by atoms with Gasteiger partial charge in [-0.1, -0.05) is 69.2 Å². The van der Waals surface area contributed by atoms with Crippen LogP contribution in [-0.4, -0.2) is 153 Å². The normalized spacial score (nSPS) is 23.9. The predicted molar refractivity (Wildman–Crippen MR) is 498 cm³/mol. The maximum atomic E-state index is 13.0. The molecule has 10 aromatic heterocycles. The second kappa shape index (κ2) is 41.5. The molecule has 10 aromatic rings. The molecule has 0 bridgehead atoms. The van der Waals surface area contributed by atoms with Crippen LogP contribution >= 0.6 is 12.1 Å². The van der Waals surface area contributed by atoms with Gasteiger partial charge in [0.25, 0.3) is 27.8 Å². The van der Waals surface area contributed by atoms with Crippen LogP contribution in [0.25, 0.3) is 55.8 Å². The Bertz CT molecular complexity index is 5290. The number of aliphatic hydroxyl groups is 5. The Kier molecular flexibility index (Phi) is 32.7. The molecule has 5 fully saturated rings. The average Bonchev–Trinajstić information content (AvgIpc) is 1.62. The van der Waals surface area contributed by atoms with Gasteiger partial charge in [-0.25, -0.2) is 48.9 Å². The summed E-state index contributed by atoms with van der Waals surface area (Å²) in [7, 11) is 8.33. The highest BCUT2D eigenvalue weighted by atomic mass is 32.2. The molecule has 5 N–H and O–H groups in total. The number of rotatable bonds is 20. The van der Waals surface area contributed by atoms with Crippen LogP contribution in [0, 0.1) is 59.2 Å². The van der Waals surface area contributed by atoms with Crippen LogP contribution in [0.4, 0.5) is 3.89 Å². The number of fused-ring (bicyclic) bond motifs is 5. The first-order chi connectivity index (χ1) is 59.9. The molecule has 0 radical (unpaired) electrons. The molecule has 0 atom stereocenters. The number of halogens is 1. The third-order valence-electron chi connectivity index (χ3n) is 26.4. The third kappa shape index (κ3) is 23.9. The van der Waals surface area contributed by atoms with Crippen LogP contribution in [-0.2, 0) is 101 Å². The summed E-state index contributed by atoms with van der Waals surface area (Å²) in [6.45, 7) is 35.6. The molecule has 15 rings (SSSR count). The Morgan fingerprint density at radius 1 is 0.297 bits per heavy atom. The van der Waals surface area contributed by atoms with Crippen LogP contribution in [0.3, 0.4) is 0 Å². The lowest BCUT2D eigenvalue weighted by Crippen LogP contribution is -2.42. The SMILES string of the molecule is CC(C)Cn1cnc2c1c(=O)n(CC1CCC(C)(O)CC1)c(=O)n2C.CC(C)Cn1cnc2c1c(=O)n(CC1CCC(C)(O)CC1)c(=O)n2C.CC(C)Cn1cnc2c1c(=O)n(CC1CCC(C)(O)CC1)c(=O)n2C.CC(C)Cn1cnc2c1c(=O)n(CC1CCC(C)(O)CC1)c(=O)n2C.CC(C)Cn1cnc2c1c(=O)n(CC1CCC(C)(O)CC1)c(=O)n2C.CSF. The number of hydrogen-bond acceptors (Lipinski definition) is 21. The summed E-state index contributed by atoms with van der Waals surface area (Å²) in [5.41, 5.74) is -1.24. The monoisotopic (exact) mass is 1810 g/mol. The van der Waals surface area contributed by atoms with E-state index >= 15 is 0 Å². The van der Waals surface area contributed by atoms with Crippen LogP contribution < -0.4 is 56.2 Å². The molecule has 35 nitrogen and oxygen atoms in total. The Morgan fingerprint density at radius 2 is 0.422 bits per heavy atom. The highest BCUT2D eigenvalue weighted by Gasteiger charge is 2.36. The average molecular weight is 1810 g/mol. The highest BCUT2D eigenvalue weighted by molar-refractivity contribution is 7.93. The van der Waals surface area contributed by atoms with E-state index in [1.807, 2.05) is 57.5 Å². The molecular weight excluding hydrogens is 1660 g/mol. The van der Waals surface area contributed by atoms with E-state index in [0.29, 0.717) is 215 Å². The summed E-state index contributed by atoms with van der Waals surface area (Å²) in [5.74, 6) is 3.09. The fourth-order valence-electron chi connectivity index (χ4n) is 18.8. The summed E-state index contributed by atoms with van der Waals surface area (Å²) in [6, 6.07) is 0. The van der Waals surface area contributed by atoms with Crippen molar-refractivity contribution in [3.05, 3.63) is 136 Å². The van der Waals surface area contributed by atoms with E-state index in [9.17, 15) is 77.4 Å². The fraction of sp³-hybridized carbons (Fsp3) is 0.725. The number of aromatic nitrogens is 20. The van der Waals surface area contributed by atoms with Crippen LogP contribution in [0.2, 0.25) is 0 Å². The van der Waals surface area contributed by atoms with Crippen LogP contribution in [0.5, 0.6) is 0 Å². The van der Waals surface area contributed by atoms with Crippen molar-refractivity contribution in [1.82, 2.24) is 93.4 Å². The van der Waals surface area contributed by atoms with E-state index in [0.717, 1.165) is 64.2 Å². The molecular formula is C91H143FN20O15S. The van der Waals surface area contributed by atoms with Crippen molar-refractivity contribution in [1.29, 1.82) is 0 Å². The van der Waals surface area contributed by atoms with Crippen molar-refractivity contribution in [2.24, 2.45) is 94.4 Å². The lowest BCUT2D eigenvalue weighted by atomic mass is 9.80. The number of aryl methyl sites for hydroxylation is 5. The topological polar surface area (TPSA) is 410 Å². The summed E-state index contributed by atoms with van der Waals surface area (Å²) >= 11 is 0.250. The summed E-state index contributed by atoms with van der Waals surface area (Å²) in [4.78, 5) is 150. The lowest BCUT2D eigenvalue weighted by Gasteiger charge is -2.33. The zero-order valence-corrected chi connectivity index (χ0v) is 80.2. The molecule has 0 amide bonds. The van der Waals surface area contributed by atoms with Gasteiger partial charge in [0, 0.05) is 119 Å². The van der Waals surface area contributed by atoms with Crippen molar-refractivity contribution < 1.29 is 29.4 Å². The third-order valence-corrected chi connectivity index (χ3v) is 26.4. The van der Waals surface area contributed by atoms with Crippen molar-refractivity contribution in [2.75, 3.05) is 6.26 Å². The predicted octanol–water partition coefficient (Wildman–Crippen LogP) is 8.70. The molecule has 0 unspecified atom stereocenters. The molecule has 0 spiro atoms. The minimum Gasteiger partial charge on any atom is -0.390 e. The van der Waals surface area contributed by atoms with E-state index in [1.54, 1.807) is 66.9 Å². The summed E-state index contributed by atoms with van der Waals surface area (Å²) in [6.07, 6.45) is 24.9. The highest BCUT2D eigenvalue weighted by Crippen LogP contribution is 2.37. The van der Waals surface area contributed by atoms with Gasteiger partial charge in [0.05, 0.1) is 59.6 Å². The van der Waals surface area contributed by atoms with Gasteiger partial charge in [0.15, 0.2) is 55.8 Å². The van der Waals surface area contributed by atoms with Gasteiger partial charge < -0.3 is 48.4 Å².